The zero-order valence-electron chi connectivity index (χ0n) is 16.0. The molecule has 0 heterocycles. The molecule has 0 aliphatic carbocycles. The molecular weight excluding hydrogens is 372 g/mol. The number of para-hydroxylation sites is 1. The highest BCUT2D eigenvalue weighted by Crippen LogP contribution is 2.22. The SMILES string of the molecule is Cc1ccc(C)c(NS(=O)(=O)c2ccc(C(=O)N(C)c3ccccc3)cc2)c1. The molecule has 3 aromatic carbocycles. The van der Waals surface area contributed by atoms with E-state index in [0.29, 0.717) is 11.3 Å². The van der Waals surface area contributed by atoms with E-state index in [2.05, 4.69) is 4.72 Å². The number of nitrogens with zero attached hydrogens (tertiary/aromatic N) is 1. The van der Waals surface area contributed by atoms with Crippen LogP contribution >= 0.6 is 0 Å². The van der Waals surface area contributed by atoms with Crippen molar-refractivity contribution in [3.05, 3.63) is 89.5 Å². The van der Waals surface area contributed by atoms with Gasteiger partial charge in [-0.05, 0) is 67.4 Å². The fourth-order valence-electron chi connectivity index (χ4n) is 2.79. The Hall–Kier alpha value is -3.12. The molecule has 0 radical (unpaired) electrons. The van der Waals surface area contributed by atoms with E-state index in [9.17, 15) is 13.2 Å². The molecule has 0 aromatic heterocycles. The maximum absolute atomic E-state index is 12.7. The van der Waals surface area contributed by atoms with E-state index < -0.39 is 10.0 Å². The van der Waals surface area contributed by atoms with Gasteiger partial charge in [-0.25, -0.2) is 8.42 Å². The van der Waals surface area contributed by atoms with Crippen LogP contribution in [0.5, 0.6) is 0 Å². The molecule has 5 nitrogen and oxygen atoms in total. The first kappa shape index (κ1) is 19.6. The highest BCUT2D eigenvalue weighted by atomic mass is 32.2. The minimum atomic E-state index is -3.74. The molecule has 1 amide bonds. The van der Waals surface area contributed by atoms with E-state index in [4.69, 9.17) is 0 Å². The van der Waals surface area contributed by atoms with Crippen LogP contribution in [0.15, 0.2) is 77.7 Å². The second-order valence-corrected chi connectivity index (χ2v) is 8.33. The number of hydrogen-bond acceptors (Lipinski definition) is 3. The molecule has 0 atom stereocenters. The molecule has 6 heteroatoms. The topological polar surface area (TPSA) is 66.5 Å². The Morgan fingerprint density at radius 1 is 0.893 bits per heavy atom. The summed E-state index contributed by atoms with van der Waals surface area (Å²) in [6.45, 7) is 3.75. The summed E-state index contributed by atoms with van der Waals surface area (Å²) >= 11 is 0. The Labute approximate surface area is 165 Å². The number of amides is 1. The largest absolute Gasteiger partial charge is 0.311 e. The molecule has 0 aliphatic rings. The molecule has 0 saturated carbocycles. The summed E-state index contributed by atoms with van der Waals surface area (Å²) in [4.78, 5) is 14.3. The van der Waals surface area contributed by atoms with Gasteiger partial charge in [0.25, 0.3) is 15.9 Å². The van der Waals surface area contributed by atoms with Gasteiger partial charge in [-0.1, -0.05) is 30.3 Å². The lowest BCUT2D eigenvalue weighted by atomic mass is 10.1. The quantitative estimate of drug-likeness (QED) is 0.698. The summed E-state index contributed by atoms with van der Waals surface area (Å²) in [6.07, 6.45) is 0. The van der Waals surface area contributed by atoms with Gasteiger partial charge < -0.3 is 4.90 Å². The fraction of sp³-hybridized carbons (Fsp3) is 0.136. The molecule has 0 fully saturated rings. The van der Waals surface area contributed by atoms with E-state index in [1.54, 1.807) is 13.1 Å². The molecule has 0 unspecified atom stereocenters. The molecule has 0 spiro atoms. The third kappa shape index (κ3) is 4.23. The van der Waals surface area contributed by atoms with Crippen LogP contribution in [0.25, 0.3) is 0 Å². The third-order valence-corrected chi connectivity index (χ3v) is 5.88. The minimum Gasteiger partial charge on any atom is -0.311 e. The standard InChI is InChI=1S/C22H22N2O3S/c1-16-9-10-17(2)21(15-16)23-28(26,27)20-13-11-18(12-14-20)22(25)24(3)19-7-5-4-6-8-19/h4-15,23H,1-3H3. The lowest BCUT2D eigenvalue weighted by molar-refractivity contribution is 0.0993. The average molecular weight is 394 g/mol. The van der Waals surface area contributed by atoms with Gasteiger partial charge in [0.2, 0.25) is 0 Å². The van der Waals surface area contributed by atoms with Gasteiger partial charge in [0, 0.05) is 18.3 Å². The number of anilines is 2. The molecule has 3 rings (SSSR count). The van der Waals surface area contributed by atoms with Crippen LogP contribution in [0.1, 0.15) is 21.5 Å². The van der Waals surface area contributed by atoms with Crippen molar-refractivity contribution >= 4 is 27.3 Å². The lowest BCUT2D eigenvalue weighted by Gasteiger charge is -2.17. The maximum atomic E-state index is 12.7. The summed E-state index contributed by atoms with van der Waals surface area (Å²) in [5.74, 6) is -0.211. The summed E-state index contributed by atoms with van der Waals surface area (Å²) in [5, 5.41) is 0. The van der Waals surface area contributed by atoms with Crippen molar-refractivity contribution < 1.29 is 13.2 Å². The number of carbonyl (C=O) groups excluding carboxylic acids is 1. The van der Waals surface area contributed by atoms with Crippen molar-refractivity contribution in [2.75, 3.05) is 16.7 Å². The summed E-state index contributed by atoms with van der Waals surface area (Å²) in [6, 6.07) is 20.8. The van der Waals surface area contributed by atoms with Crippen molar-refractivity contribution in [3.63, 3.8) is 0 Å². The van der Waals surface area contributed by atoms with Gasteiger partial charge in [-0.15, -0.1) is 0 Å². The number of aryl methyl sites for hydroxylation is 2. The molecule has 0 bridgehead atoms. The normalized spacial score (nSPS) is 11.1. The Kier molecular flexibility index (Phi) is 5.51. The van der Waals surface area contributed by atoms with Crippen molar-refractivity contribution in [1.29, 1.82) is 0 Å². The maximum Gasteiger partial charge on any atom is 0.261 e. The monoisotopic (exact) mass is 394 g/mol. The first-order valence-electron chi connectivity index (χ1n) is 8.81. The third-order valence-electron chi connectivity index (χ3n) is 4.50. The van der Waals surface area contributed by atoms with E-state index in [-0.39, 0.29) is 10.8 Å². The second-order valence-electron chi connectivity index (χ2n) is 6.65. The number of nitrogens with one attached hydrogen (secondary N) is 1. The molecule has 3 aromatic rings. The fourth-order valence-corrected chi connectivity index (χ4v) is 3.91. The Bertz CT molecular complexity index is 1090. The van der Waals surface area contributed by atoms with E-state index in [0.717, 1.165) is 16.8 Å². The van der Waals surface area contributed by atoms with Crippen LogP contribution in [0, 0.1) is 13.8 Å². The lowest BCUT2D eigenvalue weighted by Crippen LogP contribution is -2.26. The van der Waals surface area contributed by atoms with Crippen LogP contribution in [0.4, 0.5) is 11.4 Å². The zero-order chi connectivity index (χ0) is 20.3. The minimum absolute atomic E-state index is 0.104. The number of hydrogen-bond donors (Lipinski definition) is 1. The van der Waals surface area contributed by atoms with Gasteiger partial charge in [0.15, 0.2) is 0 Å². The molecule has 0 aliphatic heterocycles. The Morgan fingerprint density at radius 2 is 1.54 bits per heavy atom. The number of rotatable bonds is 5. The molecular formula is C22H22N2O3S. The number of carbonyl (C=O) groups is 1. The molecule has 0 saturated heterocycles. The zero-order valence-corrected chi connectivity index (χ0v) is 16.8. The predicted octanol–water partition coefficient (Wildman–Crippen LogP) is 4.38. The van der Waals surface area contributed by atoms with E-state index in [1.807, 2.05) is 56.3 Å². The van der Waals surface area contributed by atoms with Crippen molar-refractivity contribution in [3.8, 4) is 0 Å². The summed E-state index contributed by atoms with van der Waals surface area (Å²) in [7, 11) is -2.06. The van der Waals surface area contributed by atoms with Crippen molar-refractivity contribution in [2.24, 2.45) is 0 Å². The van der Waals surface area contributed by atoms with Crippen LogP contribution in [0.2, 0.25) is 0 Å². The van der Waals surface area contributed by atoms with E-state index >= 15 is 0 Å². The van der Waals surface area contributed by atoms with Crippen LogP contribution in [-0.4, -0.2) is 21.4 Å². The molecule has 28 heavy (non-hydrogen) atoms. The average Bonchev–Trinajstić information content (AvgIpc) is 2.70. The number of benzene rings is 3. The first-order chi connectivity index (χ1) is 13.3. The summed E-state index contributed by atoms with van der Waals surface area (Å²) in [5.41, 5.74) is 3.53. The van der Waals surface area contributed by atoms with E-state index in [1.165, 1.54) is 29.2 Å². The van der Waals surface area contributed by atoms with Crippen molar-refractivity contribution in [2.45, 2.75) is 18.7 Å². The molecule has 144 valence electrons. The smallest absolute Gasteiger partial charge is 0.261 e. The highest BCUT2D eigenvalue weighted by Gasteiger charge is 2.18. The van der Waals surface area contributed by atoms with Crippen molar-refractivity contribution in [1.82, 2.24) is 0 Å². The van der Waals surface area contributed by atoms with Gasteiger partial charge in [-0.2, -0.15) is 0 Å². The van der Waals surface area contributed by atoms with Gasteiger partial charge in [0.05, 0.1) is 10.6 Å². The van der Waals surface area contributed by atoms with Crippen LogP contribution in [-0.2, 0) is 10.0 Å². The number of sulfonamides is 1. The summed E-state index contributed by atoms with van der Waals surface area (Å²) < 4.78 is 28.0. The Morgan fingerprint density at radius 3 is 2.18 bits per heavy atom. The Balaban J connectivity index is 1.81. The van der Waals surface area contributed by atoms with Crippen LogP contribution < -0.4 is 9.62 Å². The van der Waals surface area contributed by atoms with Crippen LogP contribution in [0.3, 0.4) is 0 Å². The van der Waals surface area contributed by atoms with Gasteiger partial charge >= 0.3 is 0 Å². The van der Waals surface area contributed by atoms with Gasteiger partial charge in [-0.3, -0.25) is 9.52 Å². The second kappa shape index (κ2) is 7.86. The highest BCUT2D eigenvalue weighted by molar-refractivity contribution is 7.92. The predicted molar refractivity (Wildman–Crippen MR) is 112 cm³/mol. The van der Waals surface area contributed by atoms with Gasteiger partial charge in [0.1, 0.15) is 0 Å². The first-order valence-corrected chi connectivity index (χ1v) is 10.3. The molecule has 1 N–H and O–H groups in total.